The monoisotopic (exact) mass is 495 g/mol. The summed E-state index contributed by atoms with van der Waals surface area (Å²) in [5, 5.41) is 0. The van der Waals surface area contributed by atoms with Gasteiger partial charge >= 0.3 is 7.82 Å². The van der Waals surface area contributed by atoms with Crippen molar-refractivity contribution in [3.05, 3.63) is 65.8 Å². The zero-order valence-electron chi connectivity index (χ0n) is 19.0. The van der Waals surface area contributed by atoms with Crippen molar-refractivity contribution in [1.82, 2.24) is 0 Å². The minimum Gasteiger partial charge on any atom is -0.323 e. The van der Waals surface area contributed by atoms with Gasteiger partial charge in [0.2, 0.25) is 0 Å². The second-order valence-electron chi connectivity index (χ2n) is 9.33. The lowest BCUT2D eigenvalue weighted by atomic mass is 9.81. The summed E-state index contributed by atoms with van der Waals surface area (Å²) >= 11 is 0. The Hall–Kier alpha value is -1.54. The number of hydrogen-bond acceptors (Lipinski definition) is 5. The molecular weight excluding hydrogens is 461 g/mol. The van der Waals surface area contributed by atoms with Gasteiger partial charge in [-0.25, -0.2) is 13.0 Å². The number of allylic oxidation sites excluding steroid dienone is 5. The van der Waals surface area contributed by atoms with E-state index in [9.17, 15) is 13.0 Å². The fourth-order valence-corrected chi connectivity index (χ4v) is 6.96. The van der Waals surface area contributed by atoms with E-state index < -0.39 is 23.2 Å². The molecule has 1 aromatic rings. The van der Waals surface area contributed by atoms with Crippen molar-refractivity contribution in [3.63, 3.8) is 0 Å². The molecular formula is C24H34NO6PS. The van der Waals surface area contributed by atoms with Crippen molar-refractivity contribution < 1.29 is 27.3 Å². The maximum Gasteiger partial charge on any atom is 0.469 e. The summed E-state index contributed by atoms with van der Waals surface area (Å²) in [5.74, 6) is 0.331. The summed E-state index contributed by atoms with van der Waals surface area (Å²) in [6.07, 6.45) is 8.39. The quantitative estimate of drug-likeness (QED) is 0.459. The minimum absolute atomic E-state index is 0.0693. The van der Waals surface area contributed by atoms with Gasteiger partial charge in [0.25, 0.3) is 0 Å². The first-order chi connectivity index (χ1) is 15.4. The second-order valence-corrected chi connectivity index (χ2v) is 12.6. The van der Waals surface area contributed by atoms with E-state index in [1.54, 1.807) is 24.3 Å². The SMILES string of the molecule is C=C(/C=C1/CC[C@H](CS(=O)(=O)c2ccccc2)C/C1=C/C)[C@H]1CC[C@](N)(COP(=O)(O)O)C1. The average molecular weight is 496 g/mol. The molecule has 0 saturated heterocycles. The average Bonchev–Trinajstić information content (AvgIpc) is 3.16. The number of rotatable bonds is 8. The number of benzene rings is 1. The van der Waals surface area contributed by atoms with Gasteiger partial charge in [-0.1, -0.05) is 42.5 Å². The van der Waals surface area contributed by atoms with Crippen LogP contribution in [0.15, 0.2) is 70.7 Å². The van der Waals surface area contributed by atoms with Crippen LogP contribution in [0, 0.1) is 11.8 Å². The molecule has 4 N–H and O–H groups in total. The number of hydrogen-bond donors (Lipinski definition) is 3. The Morgan fingerprint density at radius 2 is 1.97 bits per heavy atom. The summed E-state index contributed by atoms with van der Waals surface area (Å²) in [4.78, 5) is 18.3. The molecule has 33 heavy (non-hydrogen) atoms. The molecule has 0 aromatic heterocycles. The van der Waals surface area contributed by atoms with Crippen LogP contribution in [-0.2, 0) is 18.9 Å². The molecule has 0 amide bonds. The summed E-state index contributed by atoms with van der Waals surface area (Å²) in [6.45, 7) is 6.03. The number of phosphoric ester groups is 1. The third kappa shape index (κ3) is 7.22. The Morgan fingerprint density at radius 3 is 2.61 bits per heavy atom. The van der Waals surface area contributed by atoms with Crippen LogP contribution in [0.5, 0.6) is 0 Å². The summed E-state index contributed by atoms with van der Waals surface area (Å²) < 4.78 is 41.2. The molecule has 182 valence electrons. The molecule has 0 heterocycles. The van der Waals surface area contributed by atoms with Crippen molar-refractivity contribution in [2.75, 3.05) is 12.4 Å². The lowest BCUT2D eigenvalue weighted by molar-refractivity contribution is 0.152. The highest BCUT2D eigenvalue weighted by atomic mass is 32.2. The van der Waals surface area contributed by atoms with E-state index >= 15 is 0 Å². The third-order valence-electron chi connectivity index (χ3n) is 6.70. The van der Waals surface area contributed by atoms with Gasteiger partial charge < -0.3 is 15.5 Å². The zero-order valence-corrected chi connectivity index (χ0v) is 20.7. The van der Waals surface area contributed by atoms with Crippen LogP contribution in [-0.4, -0.2) is 36.1 Å². The molecule has 9 heteroatoms. The first-order valence-corrected chi connectivity index (χ1v) is 14.4. The minimum atomic E-state index is -4.55. The third-order valence-corrected chi connectivity index (χ3v) is 9.06. The van der Waals surface area contributed by atoms with Gasteiger partial charge in [-0.15, -0.1) is 0 Å². The molecule has 2 aliphatic rings. The maximum atomic E-state index is 12.8. The first kappa shape index (κ1) is 26.1. The Balaban J connectivity index is 1.61. The van der Waals surface area contributed by atoms with Crippen LogP contribution >= 0.6 is 7.82 Å². The van der Waals surface area contributed by atoms with Crippen molar-refractivity contribution in [3.8, 4) is 0 Å². The van der Waals surface area contributed by atoms with E-state index in [-0.39, 0.29) is 24.2 Å². The zero-order chi connectivity index (χ0) is 24.3. The van der Waals surface area contributed by atoms with Gasteiger partial charge in [0.1, 0.15) is 0 Å². The van der Waals surface area contributed by atoms with Gasteiger partial charge in [0.15, 0.2) is 9.84 Å². The van der Waals surface area contributed by atoms with Gasteiger partial charge in [-0.3, -0.25) is 4.52 Å². The summed E-state index contributed by atoms with van der Waals surface area (Å²) in [5.41, 5.74) is 8.81. The molecule has 2 aliphatic carbocycles. The van der Waals surface area contributed by atoms with Crippen LogP contribution < -0.4 is 5.73 Å². The van der Waals surface area contributed by atoms with Gasteiger partial charge in [-0.2, -0.15) is 0 Å². The maximum absolute atomic E-state index is 12.8. The Bertz CT molecular complexity index is 1080. The van der Waals surface area contributed by atoms with Crippen LogP contribution in [0.4, 0.5) is 0 Å². The van der Waals surface area contributed by atoms with Crippen LogP contribution in [0.25, 0.3) is 0 Å². The highest BCUT2D eigenvalue weighted by Crippen LogP contribution is 2.43. The number of nitrogens with two attached hydrogens (primary N) is 1. The molecule has 7 nitrogen and oxygen atoms in total. The molecule has 2 saturated carbocycles. The molecule has 0 radical (unpaired) electrons. The largest absolute Gasteiger partial charge is 0.469 e. The molecule has 0 bridgehead atoms. The molecule has 0 spiro atoms. The molecule has 3 rings (SSSR count). The Kier molecular flexibility index (Phi) is 8.20. The van der Waals surface area contributed by atoms with Crippen LogP contribution in [0.1, 0.15) is 45.4 Å². The van der Waals surface area contributed by atoms with Gasteiger partial charge in [0.05, 0.1) is 17.3 Å². The van der Waals surface area contributed by atoms with Gasteiger partial charge in [0, 0.05) is 5.54 Å². The topological polar surface area (TPSA) is 127 Å². The molecule has 3 atom stereocenters. The predicted molar refractivity (Wildman–Crippen MR) is 129 cm³/mol. The van der Waals surface area contributed by atoms with Crippen molar-refractivity contribution in [2.45, 2.75) is 55.9 Å². The van der Waals surface area contributed by atoms with Crippen LogP contribution in [0.3, 0.4) is 0 Å². The smallest absolute Gasteiger partial charge is 0.323 e. The standard InChI is InChI=1S/C24H34NO6PS/c1-3-20-14-19(16-33(29,30)23-7-5-4-6-8-23)9-10-21(20)13-18(2)22-11-12-24(25,15-22)17-31-32(26,27)28/h3-8,13,19,22H,2,9-12,14-17,25H2,1H3,(H2,26,27,28)/b20-3-,21-13-/t19-,22-,24+/m0/s1. The lowest BCUT2D eigenvalue weighted by Crippen LogP contribution is -2.41. The predicted octanol–water partition coefficient (Wildman–Crippen LogP) is 4.30. The number of sulfone groups is 1. The highest BCUT2D eigenvalue weighted by Gasteiger charge is 2.38. The second kappa shape index (κ2) is 10.4. The molecule has 1 aromatic carbocycles. The molecule has 0 aliphatic heterocycles. The molecule has 2 fully saturated rings. The summed E-state index contributed by atoms with van der Waals surface area (Å²) in [6, 6.07) is 8.59. The molecule has 0 unspecified atom stereocenters. The normalized spacial score (nSPS) is 29.0. The fourth-order valence-electron chi connectivity index (χ4n) is 4.87. The van der Waals surface area contributed by atoms with Crippen molar-refractivity contribution in [1.29, 1.82) is 0 Å². The van der Waals surface area contributed by atoms with E-state index in [0.717, 1.165) is 30.4 Å². The van der Waals surface area contributed by atoms with Crippen molar-refractivity contribution >= 4 is 17.7 Å². The Labute approximate surface area is 196 Å². The summed E-state index contributed by atoms with van der Waals surface area (Å²) in [7, 11) is -7.87. The van der Waals surface area contributed by atoms with E-state index in [2.05, 4.69) is 23.3 Å². The van der Waals surface area contributed by atoms with E-state index in [1.165, 1.54) is 5.57 Å². The van der Waals surface area contributed by atoms with E-state index in [0.29, 0.717) is 24.2 Å². The fraction of sp³-hybridized carbons (Fsp3) is 0.500. The van der Waals surface area contributed by atoms with Gasteiger partial charge in [-0.05, 0) is 80.6 Å². The lowest BCUT2D eigenvalue weighted by Gasteiger charge is -2.27. The van der Waals surface area contributed by atoms with E-state index in [1.807, 2.05) is 13.0 Å². The highest BCUT2D eigenvalue weighted by molar-refractivity contribution is 7.91. The van der Waals surface area contributed by atoms with Crippen molar-refractivity contribution in [2.24, 2.45) is 17.6 Å². The van der Waals surface area contributed by atoms with E-state index in [4.69, 9.17) is 15.5 Å². The Morgan fingerprint density at radius 1 is 1.27 bits per heavy atom. The number of phosphoric acid groups is 1. The van der Waals surface area contributed by atoms with Crippen LogP contribution in [0.2, 0.25) is 0 Å². The first-order valence-electron chi connectivity index (χ1n) is 11.2.